The highest BCUT2D eigenvalue weighted by molar-refractivity contribution is 7.91. The summed E-state index contributed by atoms with van der Waals surface area (Å²) >= 11 is 1.53. The summed E-state index contributed by atoms with van der Waals surface area (Å²) in [5.74, 6) is 0.185. The first kappa shape index (κ1) is 11.6. The molecule has 1 aromatic rings. The second-order valence-electron chi connectivity index (χ2n) is 3.92. The Morgan fingerprint density at radius 3 is 2.94 bits per heavy atom. The van der Waals surface area contributed by atoms with E-state index in [0.29, 0.717) is 12.8 Å². The maximum atomic E-state index is 11.6. The second kappa shape index (κ2) is 4.55. The quantitative estimate of drug-likeness (QED) is 0.864. The van der Waals surface area contributed by atoms with E-state index in [4.69, 9.17) is 0 Å². The van der Waals surface area contributed by atoms with Gasteiger partial charge in [0.05, 0.1) is 17.9 Å². The molecule has 0 radical (unpaired) electrons. The van der Waals surface area contributed by atoms with Crippen LogP contribution in [-0.4, -0.2) is 31.9 Å². The van der Waals surface area contributed by atoms with Gasteiger partial charge in [-0.1, -0.05) is 6.07 Å². The third-order valence-electron chi connectivity index (χ3n) is 2.51. The lowest BCUT2D eigenvalue weighted by Gasteiger charge is -2.09. The second-order valence-corrected chi connectivity index (χ2v) is 7.18. The summed E-state index contributed by atoms with van der Waals surface area (Å²) in [4.78, 5) is 12.6. The van der Waals surface area contributed by atoms with Gasteiger partial charge >= 0.3 is 0 Å². The molecule has 1 saturated heterocycles. The Hall–Kier alpha value is -0.880. The van der Waals surface area contributed by atoms with Crippen LogP contribution in [0.25, 0.3) is 0 Å². The fraction of sp³-hybridized carbons (Fsp3) is 0.500. The molecule has 1 atom stereocenters. The molecule has 1 aromatic heterocycles. The number of hydrogen-bond acceptors (Lipinski definition) is 4. The van der Waals surface area contributed by atoms with E-state index in [1.54, 1.807) is 0 Å². The zero-order valence-corrected chi connectivity index (χ0v) is 10.3. The topological polar surface area (TPSA) is 63.2 Å². The van der Waals surface area contributed by atoms with E-state index in [1.165, 1.54) is 11.3 Å². The summed E-state index contributed by atoms with van der Waals surface area (Å²) in [6.45, 7) is 0. The summed E-state index contributed by atoms with van der Waals surface area (Å²) < 4.78 is 22.4. The molecular weight excluding hydrogens is 246 g/mol. The predicted molar refractivity (Wildman–Crippen MR) is 63.2 cm³/mol. The molecule has 1 N–H and O–H groups in total. The first-order valence-electron chi connectivity index (χ1n) is 5.07. The van der Waals surface area contributed by atoms with E-state index in [0.717, 1.165) is 4.88 Å². The van der Waals surface area contributed by atoms with Crippen molar-refractivity contribution in [2.75, 3.05) is 11.5 Å². The van der Waals surface area contributed by atoms with Gasteiger partial charge in [0.15, 0.2) is 9.84 Å². The van der Waals surface area contributed by atoms with Gasteiger partial charge in [-0.15, -0.1) is 11.3 Å². The third kappa shape index (κ3) is 3.05. The van der Waals surface area contributed by atoms with Crippen LogP contribution >= 0.6 is 11.3 Å². The molecule has 0 saturated carbocycles. The highest BCUT2D eigenvalue weighted by Crippen LogP contribution is 2.13. The summed E-state index contributed by atoms with van der Waals surface area (Å²) in [7, 11) is -2.92. The van der Waals surface area contributed by atoms with Crippen molar-refractivity contribution in [2.24, 2.45) is 0 Å². The van der Waals surface area contributed by atoms with E-state index >= 15 is 0 Å². The van der Waals surface area contributed by atoms with Gasteiger partial charge in [-0.3, -0.25) is 4.79 Å². The van der Waals surface area contributed by atoms with Crippen LogP contribution in [0.2, 0.25) is 0 Å². The van der Waals surface area contributed by atoms with Gasteiger partial charge in [0.25, 0.3) is 0 Å². The van der Waals surface area contributed by atoms with Crippen LogP contribution in [-0.2, 0) is 21.1 Å². The monoisotopic (exact) mass is 259 g/mol. The number of amides is 1. The van der Waals surface area contributed by atoms with Crippen LogP contribution < -0.4 is 5.32 Å². The van der Waals surface area contributed by atoms with E-state index in [2.05, 4.69) is 5.32 Å². The summed E-state index contributed by atoms with van der Waals surface area (Å²) in [6, 6.07) is 3.60. The van der Waals surface area contributed by atoms with Crippen LogP contribution in [0.3, 0.4) is 0 Å². The molecule has 2 rings (SSSR count). The van der Waals surface area contributed by atoms with E-state index in [-0.39, 0.29) is 23.5 Å². The van der Waals surface area contributed by atoms with Gasteiger partial charge in [-0.05, 0) is 17.9 Å². The number of rotatable bonds is 3. The highest BCUT2D eigenvalue weighted by atomic mass is 32.2. The van der Waals surface area contributed by atoms with Crippen LogP contribution in [0, 0.1) is 0 Å². The van der Waals surface area contributed by atoms with Gasteiger partial charge in [-0.2, -0.15) is 0 Å². The van der Waals surface area contributed by atoms with Crippen molar-refractivity contribution in [1.82, 2.24) is 5.32 Å². The van der Waals surface area contributed by atoms with Crippen LogP contribution in [0.5, 0.6) is 0 Å². The van der Waals surface area contributed by atoms with Crippen molar-refractivity contribution in [3.05, 3.63) is 22.4 Å². The highest BCUT2D eigenvalue weighted by Gasteiger charge is 2.28. The fourth-order valence-electron chi connectivity index (χ4n) is 1.76. The standard InChI is InChI=1S/C10H13NO3S2/c12-10(6-9-2-1-4-15-9)11-8-3-5-16(13,14)7-8/h1-2,4,8H,3,5-7H2,(H,11,12). The zero-order valence-electron chi connectivity index (χ0n) is 8.68. The Kier molecular flexibility index (Phi) is 3.30. The number of carbonyl (C=O) groups excluding carboxylic acids is 1. The molecule has 2 heterocycles. The smallest absolute Gasteiger partial charge is 0.225 e. The van der Waals surface area contributed by atoms with E-state index in [9.17, 15) is 13.2 Å². The number of hydrogen-bond donors (Lipinski definition) is 1. The first-order valence-corrected chi connectivity index (χ1v) is 7.77. The van der Waals surface area contributed by atoms with Crippen molar-refractivity contribution < 1.29 is 13.2 Å². The molecule has 4 nitrogen and oxygen atoms in total. The lowest BCUT2D eigenvalue weighted by molar-refractivity contribution is -0.120. The Morgan fingerprint density at radius 2 is 2.38 bits per heavy atom. The van der Waals surface area contributed by atoms with E-state index < -0.39 is 9.84 Å². The summed E-state index contributed by atoms with van der Waals surface area (Å²) in [5.41, 5.74) is 0. The van der Waals surface area contributed by atoms with Crippen LogP contribution in [0.15, 0.2) is 17.5 Å². The normalized spacial score (nSPS) is 23.1. The number of carbonyl (C=O) groups is 1. The molecule has 1 fully saturated rings. The minimum absolute atomic E-state index is 0.0865. The molecule has 88 valence electrons. The minimum Gasteiger partial charge on any atom is -0.352 e. The summed E-state index contributed by atoms with van der Waals surface area (Å²) in [6.07, 6.45) is 0.882. The van der Waals surface area contributed by atoms with Gasteiger partial charge in [0, 0.05) is 10.9 Å². The number of sulfone groups is 1. The Balaban J connectivity index is 1.85. The molecule has 0 aromatic carbocycles. The molecule has 0 aliphatic carbocycles. The predicted octanol–water partition coefficient (Wildman–Crippen LogP) is 0.594. The Bertz CT molecular complexity index is 464. The lowest BCUT2D eigenvalue weighted by atomic mass is 10.2. The molecule has 0 spiro atoms. The molecule has 1 amide bonds. The molecule has 6 heteroatoms. The van der Waals surface area contributed by atoms with Gasteiger partial charge in [-0.25, -0.2) is 8.42 Å². The maximum Gasteiger partial charge on any atom is 0.225 e. The van der Waals surface area contributed by atoms with Crippen molar-refractivity contribution in [3.63, 3.8) is 0 Å². The number of thiophene rings is 1. The first-order chi connectivity index (χ1) is 7.55. The molecule has 1 aliphatic heterocycles. The zero-order chi connectivity index (χ0) is 11.6. The molecular formula is C10H13NO3S2. The SMILES string of the molecule is O=C(Cc1cccs1)NC1CCS(=O)(=O)C1. The van der Waals surface area contributed by atoms with Crippen molar-refractivity contribution in [1.29, 1.82) is 0 Å². The van der Waals surface area contributed by atoms with Gasteiger partial charge < -0.3 is 5.32 Å². The van der Waals surface area contributed by atoms with Crippen molar-refractivity contribution in [2.45, 2.75) is 18.9 Å². The van der Waals surface area contributed by atoms with Crippen LogP contribution in [0.4, 0.5) is 0 Å². The summed E-state index contributed by atoms with van der Waals surface area (Å²) in [5, 5.41) is 4.68. The van der Waals surface area contributed by atoms with Crippen LogP contribution in [0.1, 0.15) is 11.3 Å². The van der Waals surface area contributed by atoms with Gasteiger partial charge in [0.2, 0.25) is 5.91 Å². The van der Waals surface area contributed by atoms with Crippen molar-refractivity contribution >= 4 is 27.1 Å². The Morgan fingerprint density at radius 1 is 1.56 bits per heavy atom. The average molecular weight is 259 g/mol. The third-order valence-corrected chi connectivity index (χ3v) is 5.16. The number of nitrogens with one attached hydrogen (secondary N) is 1. The molecule has 16 heavy (non-hydrogen) atoms. The largest absolute Gasteiger partial charge is 0.352 e. The molecule has 1 unspecified atom stereocenters. The van der Waals surface area contributed by atoms with Crippen molar-refractivity contribution in [3.8, 4) is 0 Å². The maximum absolute atomic E-state index is 11.6. The minimum atomic E-state index is -2.92. The average Bonchev–Trinajstić information content (AvgIpc) is 2.76. The van der Waals surface area contributed by atoms with Gasteiger partial charge in [0.1, 0.15) is 0 Å². The fourth-order valence-corrected chi connectivity index (χ4v) is 4.14. The molecule has 1 aliphatic rings. The van der Waals surface area contributed by atoms with E-state index in [1.807, 2.05) is 17.5 Å². The molecule has 0 bridgehead atoms. The lowest BCUT2D eigenvalue weighted by Crippen LogP contribution is -2.36. The Labute approximate surface area is 98.6 Å².